The molecule has 0 aliphatic heterocycles. The summed E-state index contributed by atoms with van der Waals surface area (Å²) in [6.45, 7) is 1.96. The highest BCUT2D eigenvalue weighted by Crippen LogP contribution is 2.19. The van der Waals surface area contributed by atoms with E-state index < -0.39 is 5.82 Å². The number of fused-ring (bicyclic) bond motifs is 1. The minimum Gasteiger partial charge on any atom is -0.342 e. The average molecular weight is 297 g/mol. The van der Waals surface area contributed by atoms with E-state index in [0.717, 1.165) is 11.0 Å². The van der Waals surface area contributed by atoms with Crippen molar-refractivity contribution in [2.75, 3.05) is 0 Å². The first-order valence-corrected chi connectivity index (χ1v) is 7.18. The Balaban J connectivity index is 1.83. The Morgan fingerprint density at radius 2 is 2.09 bits per heavy atom. The van der Waals surface area contributed by atoms with Crippen LogP contribution in [0.25, 0.3) is 11.0 Å². The maximum atomic E-state index is 13.2. The van der Waals surface area contributed by atoms with Crippen LogP contribution in [-0.4, -0.2) is 15.9 Å². The van der Waals surface area contributed by atoms with Gasteiger partial charge in [0.1, 0.15) is 11.6 Å². The van der Waals surface area contributed by atoms with Crippen LogP contribution < -0.4 is 5.32 Å². The molecule has 1 atom stereocenters. The summed E-state index contributed by atoms with van der Waals surface area (Å²) >= 11 is 0. The lowest BCUT2D eigenvalue weighted by Gasteiger charge is -2.14. The van der Waals surface area contributed by atoms with Crippen molar-refractivity contribution in [2.45, 2.75) is 19.4 Å². The van der Waals surface area contributed by atoms with E-state index in [4.69, 9.17) is 0 Å². The van der Waals surface area contributed by atoms with E-state index in [-0.39, 0.29) is 11.9 Å². The minimum absolute atomic E-state index is 0.247. The number of hydrogen-bond acceptors (Lipinski definition) is 2. The van der Waals surface area contributed by atoms with Gasteiger partial charge in [0.15, 0.2) is 0 Å². The van der Waals surface area contributed by atoms with Crippen molar-refractivity contribution in [3.05, 3.63) is 65.7 Å². The molecule has 5 heteroatoms. The van der Waals surface area contributed by atoms with Gasteiger partial charge in [0.25, 0.3) is 5.91 Å². The topological polar surface area (TPSA) is 57.8 Å². The highest BCUT2D eigenvalue weighted by Gasteiger charge is 2.17. The number of benzene rings is 2. The highest BCUT2D eigenvalue weighted by atomic mass is 19.1. The molecule has 112 valence electrons. The van der Waals surface area contributed by atoms with Gasteiger partial charge in [-0.2, -0.15) is 0 Å². The van der Waals surface area contributed by atoms with Gasteiger partial charge in [0, 0.05) is 5.56 Å². The molecule has 0 bridgehead atoms. The maximum Gasteiger partial charge on any atom is 0.251 e. The second-order valence-electron chi connectivity index (χ2n) is 5.08. The van der Waals surface area contributed by atoms with Crippen molar-refractivity contribution in [1.29, 1.82) is 0 Å². The summed E-state index contributed by atoms with van der Waals surface area (Å²) in [5, 5.41) is 2.89. The molecule has 3 aromatic rings. The van der Waals surface area contributed by atoms with Gasteiger partial charge < -0.3 is 10.3 Å². The van der Waals surface area contributed by atoms with Gasteiger partial charge in [0.05, 0.1) is 17.1 Å². The first-order chi connectivity index (χ1) is 10.7. The van der Waals surface area contributed by atoms with Crippen LogP contribution in [0, 0.1) is 5.82 Å². The summed E-state index contributed by atoms with van der Waals surface area (Å²) in [6, 6.07) is 13.1. The fourth-order valence-corrected chi connectivity index (χ4v) is 2.37. The van der Waals surface area contributed by atoms with Gasteiger partial charge in [-0.15, -0.1) is 0 Å². The van der Waals surface area contributed by atoms with Crippen molar-refractivity contribution >= 4 is 16.9 Å². The van der Waals surface area contributed by atoms with Crippen molar-refractivity contribution in [2.24, 2.45) is 0 Å². The van der Waals surface area contributed by atoms with E-state index in [2.05, 4.69) is 15.3 Å². The lowest BCUT2D eigenvalue weighted by Crippen LogP contribution is -2.28. The van der Waals surface area contributed by atoms with E-state index in [1.165, 1.54) is 18.2 Å². The SMILES string of the molecule is CCC(NC(=O)c1cccc(F)c1)c1nc2ccccc2[nH]1. The van der Waals surface area contributed by atoms with Crippen molar-refractivity contribution in [3.8, 4) is 0 Å². The van der Waals surface area contributed by atoms with E-state index in [9.17, 15) is 9.18 Å². The Labute approximate surface area is 127 Å². The zero-order chi connectivity index (χ0) is 15.5. The minimum atomic E-state index is -0.426. The predicted octanol–water partition coefficient (Wildman–Crippen LogP) is 3.58. The molecule has 0 saturated heterocycles. The third-order valence-corrected chi connectivity index (χ3v) is 3.54. The smallest absolute Gasteiger partial charge is 0.251 e. The number of hydrogen-bond donors (Lipinski definition) is 2. The van der Waals surface area contributed by atoms with Gasteiger partial charge >= 0.3 is 0 Å². The molecule has 0 aliphatic rings. The largest absolute Gasteiger partial charge is 0.342 e. The van der Waals surface area contributed by atoms with Crippen LogP contribution in [0.3, 0.4) is 0 Å². The fourth-order valence-electron chi connectivity index (χ4n) is 2.37. The molecule has 3 rings (SSSR count). The van der Waals surface area contributed by atoms with Gasteiger partial charge in [-0.05, 0) is 36.8 Å². The number of halogens is 1. The number of H-pyrrole nitrogens is 1. The number of rotatable bonds is 4. The summed E-state index contributed by atoms with van der Waals surface area (Å²) in [7, 11) is 0. The number of nitrogens with one attached hydrogen (secondary N) is 2. The van der Waals surface area contributed by atoms with Crippen LogP contribution in [0.15, 0.2) is 48.5 Å². The summed E-state index contributed by atoms with van der Waals surface area (Å²) in [5.74, 6) is -0.0373. The number of aromatic nitrogens is 2. The molecule has 0 aliphatic carbocycles. The Bertz CT molecular complexity index is 779. The second-order valence-corrected chi connectivity index (χ2v) is 5.08. The summed E-state index contributed by atoms with van der Waals surface area (Å²) in [4.78, 5) is 20.0. The quantitative estimate of drug-likeness (QED) is 0.773. The van der Waals surface area contributed by atoms with Crippen LogP contribution in [0.5, 0.6) is 0 Å². The predicted molar refractivity (Wildman–Crippen MR) is 83.0 cm³/mol. The summed E-state index contributed by atoms with van der Waals surface area (Å²) < 4.78 is 13.2. The van der Waals surface area contributed by atoms with Crippen molar-refractivity contribution < 1.29 is 9.18 Å². The molecular weight excluding hydrogens is 281 g/mol. The molecule has 1 amide bonds. The fraction of sp³-hybridized carbons (Fsp3) is 0.176. The maximum absolute atomic E-state index is 13.2. The van der Waals surface area contributed by atoms with E-state index in [0.29, 0.717) is 17.8 Å². The normalized spacial score (nSPS) is 12.3. The van der Waals surface area contributed by atoms with E-state index in [1.807, 2.05) is 31.2 Å². The third kappa shape index (κ3) is 2.83. The monoisotopic (exact) mass is 297 g/mol. The number of imidazole rings is 1. The van der Waals surface area contributed by atoms with Crippen LogP contribution in [-0.2, 0) is 0 Å². The molecule has 1 heterocycles. The van der Waals surface area contributed by atoms with Crippen LogP contribution in [0.1, 0.15) is 35.6 Å². The Morgan fingerprint density at radius 3 is 2.82 bits per heavy atom. The number of nitrogens with zero attached hydrogens (tertiary/aromatic N) is 1. The van der Waals surface area contributed by atoms with Crippen LogP contribution in [0.4, 0.5) is 4.39 Å². The lowest BCUT2D eigenvalue weighted by atomic mass is 10.1. The number of carbonyl (C=O) groups is 1. The molecule has 0 spiro atoms. The molecule has 1 unspecified atom stereocenters. The Kier molecular flexibility index (Phi) is 3.87. The number of amides is 1. The molecule has 0 fully saturated rings. The average Bonchev–Trinajstić information content (AvgIpc) is 2.96. The molecule has 0 radical (unpaired) electrons. The summed E-state index contributed by atoms with van der Waals surface area (Å²) in [5.41, 5.74) is 2.08. The molecule has 1 aromatic heterocycles. The van der Waals surface area contributed by atoms with Crippen molar-refractivity contribution in [3.63, 3.8) is 0 Å². The van der Waals surface area contributed by atoms with Gasteiger partial charge in [-0.3, -0.25) is 4.79 Å². The van der Waals surface area contributed by atoms with Gasteiger partial charge in [-0.25, -0.2) is 9.37 Å². The van der Waals surface area contributed by atoms with E-state index >= 15 is 0 Å². The van der Waals surface area contributed by atoms with Gasteiger partial charge in [-0.1, -0.05) is 25.1 Å². The molecule has 4 nitrogen and oxygen atoms in total. The highest BCUT2D eigenvalue weighted by molar-refractivity contribution is 5.94. The zero-order valence-corrected chi connectivity index (χ0v) is 12.1. The van der Waals surface area contributed by atoms with Crippen molar-refractivity contribution in [1.82, 2.24) is 15.3 Å². The molecular formula is C17H16FN3O. The third-order valence-electron chi connectivity index (χ3n) is 3.54. The summed E-state index contributed by atoms with van der Waals surface area (Å²) in [6.07, 6.45) is 0.681. The second kappa shape index (κ2) is 5.97. The Morgan fingerprint density at radius 1 is 1.27 bits per heavy atom. The molecule has 2 aromatic carbocycles. The number of aromatic amines is 1. The van der Waals surface area contributed by atoms with Crippen LogP contribution >= 0.6 is 0 Å². The standard InChI is InChI=1S/C17H16FN3O/c1-2-13(16-19-14-8-3-4-9-15(14)20-16)21-17(22)11-6-5-7-12(18)10-11/h3-10,13H,2H2,1H3,(H,19,20)(H,21,22). The zero-order valence-electron chi connectivity index (χ0n) is 12.1. The first kappa shape index (κ1) is 14.3. The molecule has 2 N–H and O–H groups in total. The van der Waals surface area contributed by atoms with E-state index in [1.54, 1.807) is 6.07 Å². The molecule has 0 saturated carbocycles. The van der Waals surface area contributed by atoms with Gasteiger partial charge in [0.2, 0.25) is 0 Å². The van der Waals surface area contributed by atoms with Crippen LogP contribution in [0.2, 0.25) is 0 Å². The lowest BCUT2D eigenvalue weighted by molar-refractivity contribution is 0.0933. The first-order valence-electron chi connectivity index (χ1n) is 7.18. The number of para-hydroxylation sites is 2. The molecule has 22 heavy (non-hydrogen) atoms. The Hall–Kier alpha value is -2.69. The number of carbonyl (C=O) groups excluding carboxylic acids is 1.